The molecule has 7 nitrogen and oxygen atoms in total. The first kappa shape index (κ1) is 15.8. The van der Waals surface area contributed by atoms with Crippen LogP contribution in [0.1, 0.15) is 6.42 Å². The van der Waals surface area contributed by atoms with E-state index in [0.717, 1.165) is 19.5 Å². The minimum absolute atomic E-state index is 0.00554. The van der Waals surface area contributed by atoms with Gasteiger partial charge in [-0.05, 0) is 45.3 Å². The maximum atomic E-state index is 12.2. The zero-order valence-electron chi connectivity index (χ0n) is 13.5. The van der Waals surface area contributed by atoms with Gasteiger partial charge in [0.1, 0.15) is 0 Å². The SMILES string of the molecule is CN(C)CCn1c(=O)oc2ccc(NC(=O)C3CCNC3)cc21. The molecular formula is C16H22N4O3. The van der Waals surface area contributed by atoms with Crippen LogP contribution in [-0.2, 0) is 11.3 Å². The van der Waals surface area contributed by atoms with E-state index in [9.17, 15) is 9.59 Å². The van der Waals surface area contributed by atoms with Gasteiger partial charge >= 0.3 is 5.76 Å². The monoisotopic (exact) mass is 318 g/mol. The third kappa shape index (κ3) is 3.46. The van der Waals surface area contributed by atoms with E-state index in [4.69, 9.17) is 4.42 Å². The lowest BCUT2D eigenvalue weighted by atomic mass is 10.1. The number of hydrogen-bond donors (Lipinski definition) is 2. The van der Waals surface area contributed by atoms with Crippen LogP contribution in [0, 0.1) is 5.92 Å². The van der Waals surface area contributed by atoms with Gasteiger partial charge in [0.25, 0.3) is 0 Å². The molecule has 0 radical (unpaired) electrons. The molecule has 1 aromatic heterocycles. The molecule has 0 spiro atoms. The zero-order valence-corrected chi connectivity index (χ0v) is 13.5. The maximum absolute atomic E-state index is 12.2. The lowest BCUT2D eigenvalue weighted by Crippen LogP contribution is -2.25. The van der Waals surface area contributed by atoms with Gasteiger partial charge in [0, 0.05) is 25.3 Å². The number of benzene rings is 1. The smallest absolute Gasteiger partial charge is 0.408 e. The first-order chi connectivity index (χ1) is 11.0. The number of nitrogens with zero attached hydrogens (tertiary/aromatic N) is 2. The molecule has 7 heteroatoms. The van der Waals surface area contributed by atoms with Gasteiger partial charge in [-0.25, -0.2) is 4.79 Å². The van der Waals surface area contributed by atoms with Gasteiger partial charge in [0.05, 0.1) is 11.4 Å². The highest BCUT2D eigenvalue weighted by atomic mass is 16.4. The molecule has 23 heavy (non-hydrogen) atoms. The molecule has 1 aliphatic rings. The van der Waals surface area contributed by atoms with Gasteiger partial charge in [-0.1, -0.05) is 0 Å². The van der Waals surface area contributed by atoms with E-state index in [2.05, 4.69) is 10.6 Å². The maximum Gasteiger partial charge on any atom is 0.419 e. The number of likely N-dealkylation sites (N-methyl/N-ethyl adjacent to an activating group) is 1. The van der Waals surface area contributed by atoms with Crippen molar-refractivity contribution in [2.45, 2.75) is 13.0 Å². The number of hydrogen-bond acceptors (Lipinski definition) is 5. The molecular weight excluding hydrogens is 296 g/mol. The molecule has 0 bridgehead atoms. The zero-order chi connectivity index (χ0) is 16.4. The van der Waals surface area contributed by atoms with E-state index in [0.29, 0.717) is 29.9 Å². The van der Waals surface area contributed by atoms with Crippen LogP contribution >= 0.6 is 0 Å². The molecule has 1 aromatic carbocycles. The summed E-state index contributed by atoms with van der Waals surface area (Å²) in [5.41, 5.74) is 1.93. The summed E-state index contributed by atoms with van der Waals surface area (Å²) >= 11 is 0. The molecule has 0 saturated carbocycles. The molecule has 1 unspecified atom stereocenters. The predicted octanol–water partition coefficient (Wildman–Crippen LogP) is 0.704. The Hall–Kier alpha value is -2.12. The van der Waals surface area contributed by atoms with Gasteiger partial charge in [-0.3, -0.25) is 9.36 Å². The number of carbonyl (C=O) groups excluding carboxylic acids is 1. The van der Waals surface area contributed by atoms with Crippen molar-refractivity contribution in [3.05, 3.63) is 28.7 Å². The first-order valence-electron chi connectivity index (χ1n) is 7.84. The molecule has 1 aliphatic heterocycles. The topological polar surface area (TPSA) is 79.5 Å². The highest BCUT2D eigenvalue weighted by Gasteiger charge is 2.22. The summed E-state index contributed by atoms with van der Waals surface area (Å²) in [4.78, 5) is 26.2. The van der Waals surface area contributed by atoms with Crippen molar-refractivity contribution >= 4 is 22.7 Å². The highest BCUT2D eigenvalue weighted by Crippen LogP contribution is 2.20. The number of fused-ring (bicyclic) bond motifs is 1. The fraction of sp³-hybridized carbons (Fsp3) is 0.500. The number of nitrogens with one attached hydrogen (secondary N) is 2. The van der Waals surface area contributed by atoms with Crippen molar-refractivity contribution in [2.75, 3.05) is 39.0 Å². The van der Waals surface area contributed by atoms with Gasteiger partial charge < -0.3 is 20.0 Å². The second-order valence-corrected chi connectivity index (χ2v) is 6.18. The third-order valence-corrected chi connectivity index (χ3v) is 4.14. The lowest BCUT2D eigenvalue weighted by Gasteiger charge is -2.11. The number of amides is 1. The van der Waals surface area contributed by atoms with Crippen LogP contribution in [0.3, 0.4) is 0 Å². The van der Waals surface area contributed by atoms with Crippen molar-refractivity contribution in [2.24, 2.45) is 5.92 Å². The third-order valence-electron chi connectivity index (χ3n) is 4.14. The molecule has 124 valence electrons. The van der Waals surface area contributed by atoms with Crippen LogP contribution < -0.4 is 16.4 Å². The van der Waals surface area contributed by atoms with Gasteiger partial charge in [-0.2, -0.15) is 0 Å². The molecule has 0 aliphatic carbocycles. The predicted molar refractivity (Wildman–Crippen MR) is 88.6 cm³/mol. The van der Waals surface area contributed by atoms with E-state index in [1.807, 2.05) is 19.0 Å². The quantitative estimate of drug-likeness (QED) is 0.848. The summed E-state index contributed by atoms with van der Waals surface area (Å²) in [5.74, 6) is -0.351. The van der Waals surface area contributed by atoms with E-state index in [-0.39, 0.29) is 17.6 Å². The van der Waals surface area contributed by atoms with Gasteiger partial charge in [0.15, 0.2) is 5.58 Å². The minimum atomic E-state index is -0.370. The summed E-state index contributed by atoms with van der Waals surface area (Å²) in [6, 6.07) is 5.30. The summed E-state index contributed by atoms with van der Waals surface area (Å²) in [6.07, 6.45) is 0.854. The summed E-state index contributed by atoms with van der Waals surface area (Å²) in [7, 11) is 3.91. The molecule has 1 saturated heterocycles. The van der Waals surface area contributed by atoms with Crippen molar-refractivity contribution in [3.63, 3.8) is 0 Å². The van der Waals surface area contributed by atoms with Crippen LogP contribution in [0.4, 0.5) is 5.69 Å². The van der Waals surface area contributed by atoms with Crippen molar-refractivity contribution < 1.29 is 9.21 Å². The second kappa shape index (κ2) is 6.55. The van der Waals surface area contributed by atoms with E-state index >= 15 is 0 Å². The lowest BCUT2D eigenvalue weighted by molar-refractivity contribution is -0.119. The molecule has 2 heterocycles. The number of carbonyl (C=O) groups is 1. The molecule has 1 amide bonds. The van der Waals surface area contributed by atoms with Crippen molar-refractivity contribution in [1.82, 2.24) is 14.8 Å². The Balaban J connectivity index is 1.83. The molecule has 3 rings (SSSR count). The number of anilines is 1. The molecule has 2 N–H and O–H groups in total. The summed E-state index contributed by atoms with van der Waals surface area (Å²) < 4.78 is 6.86. The number of aromatic nitrogens is 1. The average molecular weight is 318 g/mol. The normalized spacial score (nSPS) is 18.0. The number of rotatable bonds is 5. The first-order valence-corrected chi connectivity index (χ1v) is 7.84. The molecule has 1 atom stereocenters. The number of oxazole rings is 1. The standard InChI is InChI=1S/C16H22N4O3/c1-19(2)7-8-20-13-9-12(3-4-14(13)23-16(20)22)18-15(21)11-5-6-17-10-11/h3-4,9,11,17H,5-8,10H2,1-2H3,(H,18,21). The van der Waals surface area contributed by atoms with Gasteiger partial charge in [-0.15, -0.1) is 0 Å². The Labute approximate surface area is 134 Å². The average Bonchev–Trinajstić information content (AvgIpc) is 3.12. The van der Waals surface area contributed by atoms with Crippen LogP contribution in [0.5, 0.6) is 0 Å². The fourth-order valence-corrected chi connectivity index (χ4v) is 2.77. The van der Waals surface area contributed by atoms with E-state index in [1.54, 1.807) is 22.8 Å². The Morgan fingerprint density at radius 1 is 1.48 bits per heavy atom. The minimum Gasteiger partial charge on any atom is -0.408 e. The Morgan fingerprint density at radius 3 is 3.00 bits per heavy atom. The molecule has 2 aromatic rings. The van der Waals surface area contributed by atoms with E-state index < -0.39 is 0 Å². The second-order valence-electron chi connectivity index (χ2n) is 6.18. The van der Waals surface area contributed by atoms with Gasteiger partial charge in [0.2, 0.25) is 5.91 Å². The molecule has 1 fully saturated rings. The van der Waals surface area contributed by atoms with Crippen molar-refractivity contribution in [1.29, 1.82) is 0 Å². The van der Waals surface area contributed by atoms with Crippen LogP contribution in [0.25, 0.3) is 11.1 Å². The van der Waals surface area contributed by atoms with Crippen LogP contribution in [-0.4, -0.2) is 49.1 Å². The van der Waals surface area contributed by atoms with Crippen molar-refractivity contribution in [3.8, 4) is 0 Å². The fourth-order valence-electron chi connectivity index (χ4n) is 2.77. The van der Waals surface area contributed by atoms with Crippen LogP contribution in [0.15, 0.2) is 27.4 Å². The summed E-state index contributed by atoms with van der Waals surface area (Å²) in [6.45, 7) is 2.87. The Bertz CT molecular complexity index is 756. The summed E-state index contributed by atoms with van der Waals surface area (Å²) in [5, 5.41) is 6.11. The van der Waals surface area contributed by atoms with E-state index in [1.165, 1.54) is 0 Å². The van der Waals surface area contributed by atoms with Crippen LogP contribution in [0.2, 0.25) is 0 Å². The Morgan fingerprint density at radius 2 is 2.30 bits per heavy atom. The largest absolute Gasteiger partial charge is 0.419 e. The Kier molecular flexibility index (Phi) is 4.49. The highest BCUT2D eigenvalue weighted by molar-refractivity contribution is 5.94.